The highest BCUT2D eigenvalue weighted by atomic mass is 19.1. The van der Waals surface area contributed by atoms with E-state index in [1.807, 2.05) is 44.7 Å². The summed E-state index contributed by atoms with van der Waals surface area (Å²) in [6.45, 7) is 8.82. The minimum atomic E-state index is -1.03. The number of nitro groups is 1. The molecule has 4 heterocycles. The number of pyridine rings is 1. The number of likely N-dealkylation sites (tertiary alicyclic amines) is 1. The lowest BCUT2D eigenvalue weighted by Crippen LogP contribution is -2.40. The third-order valence-electron chi connectivity index (χ3n) is 6.79. The number of hydrogen-bond acceptors (Lipinski definition) is 11. The van der Waals surface area contributed by atoms with Gasteiger partial charge in [0.25, 0.3) is 0 Å². The van der Waals surface area contributed by atoms with Gasteiger partial charge in [-0.05, 0) is 46.2 Å². The summed E-state index contributed by atoms with van der Waals surface area (Å²) < 4.78 is 24.9. The molecule has 0 radical (unpaired) electrons. The number of rotatable bonds is 5. The lowest BCUT2D eigenvalue weighted by atomic mass is 9.85. The van der Waals surface area contributed by atoms with Gasteiger partial charge in [0, 0.05) is 37.5 Å². The molecule has 2 aliphatic heterocycles. The Kier molecular flexibility index (Phi) is 6.64. The Morgan fingerprint density at radius 3 is 2.67 bits per heavy atom. The number of fused-ring (bicyclic) bond motifs is 2. The van der Waals surface area contributed by atoms with E-state index in [9.17, 15) is 19.3 Å². The van der Waals surface area contributed by atoms with Gasteiger partial charge >= 0.3 is 11.8 Å². The van der Waals surface area contributed by atoms with Crippen molar-refractivity contribution in [3.05, 3.63) is 57.9 Å². The third kappa shape index (κ3) is 5.03. The van der Waals surface area contributed by atoms with E-state index in [2.05, 4.69) is 20.3 Å². The summed E-state index contributed by atoms with van der Waals surface area (Å²) >= 11 is 0. The van der Waals surface area contributed by atoms with Crippen molar-refractivity contribution >= 4 is 35.1 Å². The van der Waals surface area contributed by atoms with E-state index in [0.717, 1.165) is 29.2 Å². The highest BCUT2D eigenvalue weighted by Gasteiger charge is 2.51. The molecule has 1 spiro atoms. The van der Waals surface area contributed by atoms with Gasteiger partial charge in [0.05, 0.1) is 34.5 Å². The van der Waals surface area contributed by atoms with E-state index in [1.54, 1.807) is 4.90 Å². The molecular formula is C26H29FN8O5. The van der Waals surface area contributed by atoms with Gasteiger partial charge in [0.2, 0.25) is 17.7 Å². The first kappa shape index (κ1) is 27.0. The summed E-state index contributed by atoms with van der Waals surface area (Å²) in [5, 5.41) is 14.1. The molecule has 1 amide bonds. The maximum absolute atomic E-state index is 14.1. The number of nitro benzene ring substituents is 1. The number of halogens is 1. The first-order valence-electron chi connectivity index (χ1n) is 12.6. The van der Waals surface area contributed by atoms with Crippen LogP contribution in [0.1, 0.15) is 38.6 Å². The third-order valence-corrected chi connectivity index (χ3v) is 6.79. The molecule has 3 aromatic rings. The molecule has 1 fully saturated rings. The molecule has 13 nitrogen and oxygen atoms in total. The summed E-state index contributed by atoms with van der Waals surface area (Å²) in [6.07, 6.45) is 1.62. The van der Waals surface area contributed by atoms with Crippen LogP contribution in [0.15, 0.2) is 30.6 Å². The molecule has 2 aromatic heterocycles. The van der Waals surface area contributed by atoms with Gasteiger partial charge in [-0.2, -0.15) is 9.37 Å². The smallest absolute Gasteiger partial charge is 0.410 e. The SMILES string of the molecule is COc1cc(F)c([N+](=O)[O-])cc1Nc1ncnc(N2CC3(CCN(C(=O)OC(C)(C)C)C3)c3nc(C)ccc32)n1. The van der Waals surface area contributed by atoms with Crippen LogP contribution in [-0.2, 0) is 10.2 Å². The summed E-state index contributed by atoms with van der Waals surface area (Å²) in [4.78, 5) is 44.8. The quantitative estimate of drug-likeness (QED) is 0.354. The zero-order valence-electron chi connectivity index (χ0n) is 22.8. The maximum atomic E-state index is 14.1. The second-order valence-corrected chi connectivity index (χ2v) is 10.8. The zero-order chi connectivity index (χ0) is 28.8. The number of aromatic nitrogens is 4. The Bertz CT molecular complexity index is 1500. The van der Waals surface area contributed by atoms with Gasteiger partial charge in [-0.15, -0.1) is 0 Å². The topological polar surface area (TPSA) is 149 Å². The molecule has 1 saturated heterocycles. The van der Waals surface area contributed by atoms with Gasteiger partial charge in [-0.1, -0.05) is 0 Å². The number of ether oxygens (including phenoxy) is 2. The number of aryl methyl sites for hydroxylation is 1. The standard InChI is InChI=1S/C26H29FN8O5/c1-15-6-7-18-21(30-15)26(8-9-33(12-26)24(36)40-25(2,3)4)13-34(18)23-29-14-28-22(32-23)31-17-11-19(35(37)38)16(27)10-20(17)39-5/h6-7,10-11,14H,8-9,12-13H2,1-5H3,(H,28,29,31,32). The van der Waals surface area contributed by atoms with Gasteiger partial charge in [0.1, 0.15) is 17.7 Å². The van der Waals surface area contributed by atoms with Crippen LogP contribution < -0.4 is 15.0 Å². The predicted molar refractivity (Wildman–Crippen MR) is 143 cm³/mol. The minimum absolute atomic E-state index is 0.0448. The Hall–Kier alpha value is -4.62. The number of nitrogens with zero attached hydrogens (tertiary/aromatic N) is 7. The largest absolute Gasteiger partial charge is 0.494 e. The van der Waals surface area contributed by atoms with E-state index < -0.39 is 27.4 Å². The number of carbonyl (C=O) groups excluding carboxylic acids is 1. The van der Waals surface area contributed by atoms with E-state index in [0.29, 0.717) is 32.0 Å². The molecule has 0 saturated carbocycles. The Labute approximate surface area is 229 Å². The number of benzene rings is 1. The van der Waals surface area contributed by atoms with Gasteiger partial charge in [-0.3, -0.25) is 15.1 Å². The number of amides is 1. The van der Waals surface area contributed by atoms with E-state index in [1.165, 1.54) is 13.4 Å². The molecular weight excluding hydrogens is 523 g/mol. The Morgan fingerprint density at radius 2 is 1.98 bits per heavy atom. The van der Waals surface area contributed by atoms with Crippen LogP contribution in [0, 0.1) is 22.9 Å². The highest BCUT2D eigenvalue weighted by molar-refractivity contribution is 5.73. The number of nitrogens with one attached hydrogen (secondary N) is 1. The predicted octanol–water partition coefficient (Wildman–Crippen LogP) is 4.40. The van der Waals surface area contributed by atoms with Gasteiger partial charge in [-0.25, -0.2) is 14.8 Å². The number of methoxy groups -OCH3 is 1. The number of hydrogen-bond donors (Lipinski definition) is 1. The molecule has 1 atom stereocenters. The van der Waals surface area contributed by atoms with Crippen LogP contribution in [0.5, 0.6) is 5.75 Å². The van der Waals surface area contributed by atoms with Crippen molar-refractivity contribution in [3.63, 3.8) is 0 Å². The fraction of sp³-hybridized carbons (Fsp3) is 0.423. The van der Waals surface area contributed by atoms with Crippen molar-refractivity contribution in [1.82, 2.24) is 24.8 Å². The van der Waals surface area contributed by atoms with Crippen LogP contribution in [0.25, 0.3) is 0 Å². The average molecular weight is 553 g/mol. The first-order valence-corrected chi connectivity index (χ1v) is 12.6. The van der Waals surface area contributed by atoms with Crippen LogP contribution in [0.4, 0.5) is 38.1 Å². The van der Waals surface area contributed by atoms with Crippen molar-refractivity contribution in [3.8, 4) is 5.75 Å². The normalized spacial score (nSPS) is 18.1. The molecule has 40 heavy (non-hydrogen) atoms. The lowest BCUT2D eigenvalue weighted by molar-refractivity contribution is -0.387. The molecule has 0 aliphatic carbocycles. The molecule has 2 aliphatic rings. The molecule has 0 bridgehead atoms. The van der Waals surface area contributed by atoms with Crippen LogP contribution in [0.2, 0.25) is 0 Å². The lowest BCUT2D eigenvalue weighted by Gasteiger charge is -2.27. The van der Waals surface area contributed by atoms with Crippen molar-refractivity contribution in [2.24, 2.45) is 0 Å². The fourth-order valence-corrected chi connectivity index (χ4v) is 5.02. The average Bonchev–Trinajstić information content (AvgIpc) is 3.46. The van der Waals surface area contributed by atoms with E-state index in [4.69, 9.17) is 14.5 Å². The second-order valence-electron chi connectivity index (χ2n) is 10.8. The van der Waals surface area contributed by atoms with Crippen LogP contribution in [0.3, 0.4) is 0 Å². The Balaban J connectivity index is 1.46. The van der Waals surface area contributed by atoms with Crippen LogP contribution >= 0.6 is 0 Å². The summed E-state index contributed by atoms with van der Waals surface area (Å²) in [5.74, 6) is -0.591. The number of carbonyl (C=O) groups is 1. The minimum Gasteiger partial charge on any atom is -0.494 e. The van der Waals surface area contributed by atoms with Crippen molar-refractivity contribution < 1.29 is 23.6 Å². The van der Waals surface area contributed by atoms with E-state index >= 15 is 0 Å². The van der Waals surface area contributed by atoms with Crippen LogP contribution in [-0.4, -0.2) is 68.2 Å². The molecule has 14 heteroatoms. The summed E-state index contributed by atoms with van der Waals surface area (Å²) in [7, 11) is 1.32. The highest BCUT2D eigenvalue weighted by Crippen LogP contribution is 2.47. The Morgan fingerprint density at radius 1 is 1.20 bits per heavy atom. The molecule has 5 rings (SSSR count). The van der Waals surface area contributed by atoms with Gasteiger partial charge in [0.15, 0.2) is 0 Å². The second kappa shape index (κ2) is 9.84. The zero-order valence-corrected chi connectivity index (χ0v) is 22.8. The maximum Gasteiger partial charge on any atom is 0.410 e. The molecule has 210 valence electrons. The fourth-order valence-electron chi connectivity index (χ4n) is 5.02. The van der Waals surface area contributed by atoms with Crippen molar-refractivity contribution in [2.45, 2.75) is 45.1 Å². The van der Waals surface area contributed by atoms with Gasteiger partial charge < -0.3 is 24.6 Å². The van der Waals surface area contributed by atoms with Crippen molar-refractivity contribution in [1.29, 1.82) is 0 Å². The summed E-state index contributed by atoms with van der Waals surface area (Å²) in [5.41, 5.74) is 0.840. The monoisotopic (exact) mass is 552 g/mol. The molecule has 1 aromatic carbocycles. The number of anilines is 4. The first-order chi connectivity index (χ1) is 18.9. The molecule has 1 unspecified atom stereocenters. The summed E-state index contributed by atoms with van der Waals surface area (Å²) in [6, 6.07) is 5.79. The van der Waals surface area contributed by atoms with E-state index in [-0.39, 0.29) is 23.5 Å². The van der Waals surface area contributed by atoms with Crippen molar-refractivity contribution in [2.75, 3.05) is 37.0 Å². The molecule has 1 N–H and O–H groups in total.